The van der Waals surface area contributed by atoms with E-state index in [1.54, 1.807) is 0 Å². The second kappa shape index (κ2) is 12.0. The molecule has 0 aromatic heterocycles. The third-order valence-corrected chi connectivity index (χ3v) is 6.51. The summed E-state index contributed by atoms with van der Waals surface area (Å²) >= 11 is 0. The highest BCUT2D eigenvalue weighted by Gasteiger charge is 2.31. The van der Waals surface area contributed by atoms with Gasteiger partial charge in [0.1, 0.15) is 0 Å². The van der Waals surface area contributed by atoms with Crippen molar-refractivity contribution in [2.75, 3.05) is 0 Å². The van der Waals surface area contributed by atoms with Crippen LogP contribution in [0.25, 0.3) is 0 Å². The molecule has 0 saturated heterocycles. The van der Waals surface area contributed by atoms with E-state index in [2.05, 4.69) is 19.9 Å². The Balaban J connectivity index is 1.64. The summed E-state index contributed by atoms with van der Waals surface area (Å²) in [5, 5.41) is 0. The van der Waals surface area contributed by atoms with Crippen molar-refractivity contribution in [3.05, 3.63) is 12.3 Å². The molecule has 0 aromatic carbocycles. The van der Waals surface area contributed by atoms with E-state index in [-0.39, 0.29) is 0 Å². The van der Waals surface area contributed by atoms with Gasteiger partial charge in [-0.2, -0.15) is 0 Å². The highest BCUT2D eigenvalue weighted by molar-refractivity contribution is 4.84. The van der Waals surface area contributed by atoms with E-state index in [1.165, 1.54) is 89.9 Å². The number of hydrogen-bond donors (Lipinski definition) is 0. The van der Waals surface area contributed by atoms with Gasteiger partial charge < -0.3 is 4.74 Å². The van der Waals surface area contributed by atoms with Gasteiger partial charge in [0.2, 0.25) is 0 Å². The maximum atomic E-state index is 6.02. The average molecular weight is 335 g/mol. The van der Waals surface area contributed by atoms with E-state index >= 15 is 0 Å². The van der Waals surface area contributed by atoms with Crippen LogP contribution in [0.5, 0.6) is 0 Å². The molecule has 24 heavy (non-hydrogen) atoms. The molecule has 0 amide bonds. The molecule has 2 saturated carbocycles. The summed E-state index contributed by atoms with van der Waals surface area (Å²) < 4.78 is 6.02. The highest BCUT2D eigenvalue weighted by atomic mass is 16.5. The molecule has 0 radical (unpaired) electrons. The zero-order valence-corrected chi connectivity index (χ0v) is 16.5. The van der Waals surface area contributed by atoms with E-state index in [0.29, 0.717) is 6.10 Å². The Kier molecular flexibility index (Phi) is 9.92. The highest BCUT2D eigenvalue weighted by Crippen LogP contribution is 2.41. The van der Waals surface area contributed by atoms with Crippen molar-refractivity contribution in [2.24, 2.45) is 17.8 Å². The van der Waals surface area contributed by atoms with Gasteiger partial charge in [0.25, 0.3) is 0 Å². The molecule has 2 rings (SSSR count). The van der Waals surface area contributed by atoms with E-state index in [9.17, 15) is 0 Å². The van der Waals surface area contributed by atoms with Gasteiger partial charge in [-0.25, -0.2) is 0 Å². The molecule has 0 bridgehead atoms. The first kappa shape index (κ1) is 19.9. The standard InChI is InChI=1S/C23H42O/c1-3-5-7-8-11-20-14-16-21(17-15-20)22-12-10-13-23(19-22)24-18-9-6-4-2/h9,18,20-23H,3-8,10-17,19H2,1-2H3/b18-9+. The molecular formula is C23H42O. The molecular weight excluding hydrogens is 292 g/mol. The molecule has 0 spiro atoms. The fourth-order valence-electron chi connectivity index (χ4n) is 4.94. The van der Waals surface area contributed by atoms with Crippen molar-refractivity contribution in [3.63, 3.8) is 0 Å². The van der Waals surface area contributed by atoms with Gasteiger partial charge in [0.15, 0.2) is 0 Å². The Labute approximate surface area is 151 Å². The number of ether oxygens (including phenoxy) is 1. The summed E-state index contributed by atoms with van der Waals surface area (Å²) in [7, 11) is 0. The zero-order chi connectivity index (χ0) is 17.0. The van der Waals surface area contributed by atoms with Crippen molar-refractivity contribution in [1.82, 2.24) is 0 Å². The lowest BCUT2D eigenvalue weighted by molar-refractivity contribution is 0.0510. The van der Waals surface area contributed by atoms with Crippen LogP contribution in [0.4, 0.5) is 0 Å². The summed E-state index contributed by atoms with van der Waals surface area (Å²) in [4.78, 5) is 0. The predicted octanol–water partition coefficient (Wildman–Crippen LogP) is 7.65. The molecule has 2 fully saturated rings. The van der Waals surface area contributed by atoms with Gasteiger partial charge in [-0.3, -0.25) is 0 Å². The Morgan fingerprint density at radius 1 is 0.833 bits per heavy atom. The number of unbranched alkanes of at least 4 members (excludes halogenated alkanes) is 4. The van der Waals surface area contributed by atoms with Crippen LogP contribution in [0.1, 0.15) is 110 Å². The first-order valence-corrected chi connectivity index (χ1v) is 11.1. The van der Waals surface area contributed by atoms with Gasteiger partial charge in [-0.1, -0.05) is 65.2 Å². The van der Waals surface area contributed by atoms with E-state index in [1.807, 2.05) is 6.26 Å². The zero-order valence-electron chi connectivity index (χ0n) is 16.5. The van der Waals surface area contributed by atoms with Crippen LogP contribution in [0.2, 0.25) is 0 Å². The quantitative estimate of drug-likeness (QED) is 0.294. The summed E-state index contributed by atoms with van der Waals surface area (Å²) in [6.07, 6.45) is 25.8. The third kappa shape index (κ3) is 7.19. The van der Waals surface area contributed by atoms with E-state index < -0.39 is 0 Å². The molecule has 140 valence electrons. The molecule has 2 unspecified atom stereocenters. The first-order chi connectivity index (χ1) is 11.8. The largest absolute Gasteiger partial charge is 0.498 e. The Morgan fingerprint density at radius 3 is 2.42 bits per heavy atom. The summed E-state index contributed by atoms with van der Waals surface area (Å²) in [5.74, 6) is 3.00. The number of rotatable bonds is 10. The van der Waals surface area contributed by atoms with Crippen LogP contribution < -0.4 is 0 Å². The second-order valence-electron chi connectivity index (χ2n) is 8.48. The lowest BCUT2D eigenvalue weighted by Gasteiger charge is -2.38. The second-order valence-corrected chi connectivity index (χ2v) is 8.48. The third-order valence-electron chi connectivity index (χ3n) is 6.51. The van der Waals surface area contributed by atoms with Crippen molar-refractivity contribution in [1.29, 1.82) is 0 Å². The SMILES string of the molecule is CCC/C=C/OC1CCCC(C2CCC(CCCCCC)CC2)C1. The van der Waals surface area contributed by atoms with E-state index in [0.717, 1.165) is 24.2 Å². The van der Waals surface area contributed by atoms with Crippen molar-refractivity contribution >= 4 is 0 Å². The minimum absolute atomic E-state index is 0.503. The van der Waals surface area contributed by atoms with Crippen LogP contribution in [0.3, 0.4) is 0 Å². The van der Waals surface area contributed by atoms with Crippen molar-refractivity contribution in [3.8, 4) is 0 Å². The molecule has 0 aromatic rings. The average Bonchev–Trinajstić information content (AvgIpc) is 2.63. The molecule has 1 nitrogen and oxygen atoms in total. The maximum Gasteiger partial charge on any atom is 0.0981 e. The summed E-state index contributed by atoms with van der Waals surface area (Å²) in [6, 6.07) is 0. The molecule has 2 aliphatic rings. The first-order valence-electron chi connectivity index (χ1n) is 11.1. The lowest BCUT2D eigenvalue weighted by atomic mass is 9.70. The molecule has 0 aliphatic heterocycles. The molecule has 0 N–H and O–H groups in total. The molecule has 2 atom stereocenters. The van der Waals surface area contributed by atoms with Crippen LogP contribution >= 0.6 is 0 Å². The fraction of sp³-hybridized carbons (Fsp3) is 0.913. The molecule has 2 aliphatic carbocycles. The minimum Gasteiger partial charge on any atom is -0.498 e. The van der Waals surface area contributed by atoms with Gasteiger partial charge in [0.05, 0.1) is 12.4 Å². The Morgan fingerprint density at radius 2 is 1.67 bits per heavy atom. The van der Waals surface area contributed by atoms with Crippen LogP contribution in [-0.2, 0) is 4.74 Å². The maximum absolute atomic E-state index is 6.02. The van der Waals surface area contributed by atoms with Gasteiger partial charge in [0, 0.05) is 0 Å². The van der Waals surface area contributed by atoms with Crippen LogP contribution in [0.15, 0.2) is 12.3 Å². The molecule has 0 heterocycles. The fourth-order valence-corrected chi connectivity index (χ4v) is 4.94. The lowest BCUT2D eigenvalue weighted by Crippen LogP contribution is -2.29. The van der Waals surface area contributed by atoms with E-state index in [4.69, 9.17) is 4.74 Å². The van der Waals surface area contributed by atoms with Gasteiger partial charge in [-0.05, 0) is 68.8 Å². The van der Waals surface area contributed by atoms with Crippen LogP contribution in [-0.4, -0.2) is 6.10 Å². The number of allylic oxidation sites excluding steroid dienone is 1. The topological polar surface area (TPSA) is 9.23 Å². The van der Waals surface area contributed by atoms with Gasteiger partial charge >= 0.3 is 0 Å². The minimum atomic E-state index is 0.503. The smallest absolute Gasteiger partial charge is 0.0981 e. The normalized spacial score (nSPS) is 31.4. The predicted molar refractivity (Wildman–Crippen MR) is 105 cm³/mol. The van der Waals surface area contributed by atoms with Crippen molar-refractivity contribution < 1.29 is 4.74 Å². The molecule has 1 heteroatoms. The summed E-state index contributed by atoms with van der Waals surface area (Å²) in [5.41, 5.74) is 0. The van der Waals surface area contributed by atoms with Crippen LogP contribution in [0, 0.1) is 17.8 Å². The monoisotopic (exact) mass is 334 g/mol. The Bertz CT molecular complexity index is 327. The Hall–Kier alpha value is -0.460. The van der Waals surface area contributed by atoms with Crippen molar-refractivity contribution in [2.45, 2.75) is 116 Å². The van der Waals surface area contributed by atoms with Gasteiger partial charge in [-0.15, -0.1) is 0 Å². The summed E-state index contributed by atoms with van der Waals surface area (Å²) in [6.45, 7) is 4.53. The number of hydrogen-bond acceptors (Lipinski definition) is 1.